The molecule has 7 heteroatoms. The lowest BCUT2D eigenvalue weighted by atomic mass is 10.1. The van der Waals surface area contributed by atoms with Crippen molar-refractivity contribution in [2.75, 3.05) is 11.9 Å². The Bertz CT molecular complexity index is 855. The molecule has 3 rings (SSSR count). The summed E-state index contributed by atoms with van der Waals surface area (Å²) in [6.45, 7) is 0.828. The molecule has 0 radical (unpaired) electrons. The molecule has 0 atom stereocenters. The number of benzene rings is 1. The molecule has 0 aliphatic heterocycles. The highest BCUT2D eigenvalue weighted by atomic mass is 19.1. The number of carbonyl (C=O) groups is 1. The number of aromatic nitrogens is 3. The van der Waals surface area contributed by atoms with Crippen molar-refractivity contribution in [3.63, 3.8) is 0 Å². The quantitative estimate of drug-likeness (QED) is 0.684. The van der Waals surface area contributed by atoms with Crippen LogP contribution in [-0.4, -0.2) is 27.4 Å². The second-order valence-electron chi connectivity index (χ2n) is 5.57. The van der Waals surface area contributed by atoms with E-state index in [-0.39, 0.29) is 11.7 Å². The van der Waals surface area contributed by atoms with Crippen LogP contribution >= 0.6 is 0 Å². The van der Waals surface area contributed by atoms with Crippen LogP contribution in [0, 0.1) is 5.82 Å². The number of pyridine rings is 1. The Morgan fingerprint density at radius 1 is 1.00 bits per heavy atom. The number of nitrogens with zero attached hydrogens (tertiary/aromatic N) is 3. The summed E-state index contributed by atoms with van der Waals surface area (Å²) in [5.41, 5.74) is 1.78. The van der Waals surface area contributed by atoms with Gasteiger partial charge in [-0.15, -0.1) is 0 Å². The fraction of sp³-hybridized carbons (Fsp3) is 0.158. The summed E-state index contributed by atoms with van der Waals surface area (Å²) < 4.78 is 13.5. The predicted molar refractivity (Wildman–Crippen MR) is 96.0 cm³/mol. The summed E-state index contributed by atoms with van der Waals surface area (Å²) >= 11 is 0. The summed E-state index contributed by atoms with van der Waals surface area (Å²) in [4.78, 5) is 24.5. The Balaban J connectivity index is 1.48. The molecule has 26 heavy (non-hydrogen) atoms. The Kier molecular flexibility index (Phi) is 5.82. The van der Waals surface area contributed by atoms with Crippen LogP contribution in [0.1, 0.15) is 21.6 Å². The number of rotatable bonds is 7. The lowest BCUT2D eigenvalue weighted by molar-refractivity contribution is 0.0953. The molecule has 0 saturated heterocycles. The van der Waals surface area contributed by atoms with Crippen LogP contribution in [0.3, 0.4) is 0 Å². The summed E-state index contributed by atoms with van der Waals surface area (Å²) in [7, 11) is 0. The van der Waals surface area contributed by atoms with Gasteiger partial charge in [0.2, 0.25) is 5.95 Å². The van der Waals surface area contributed by atoms with Crippen LogP contribution in [0.15, 0.2) is 61.1 Å². The van der Waals surface area contributed by atoms with Crippen molar-refractivity contribution < 1.29 is 9.18 Å². The average molecular weight is 351 g/mol. The molecule has 3 aromatic rings. The van der Waals surface area contributed by atoms with E-state index in [0.29, 0.717) is 36.6 Å². The maximum Gasteiger partial charge on any atom is 0.254 e. The van der Waals surface area contributed by atoms with Gasteiger partial charge in [0.15, 0.2) is 0 Å². The second-order valence-corrected chi connectivity index (χ2v) is 5.57. The van der Waals surface area contributed by atoms with E-state index < -0.39 is 0 Å². The van der Waals surface area contributed by atoms with E-state index in [0.717, 1.165) is 5.69 Å². The summed E-state index contributed by atoms with van der Waals surface area (Å²) in [6, 6.07) is 12.2. The lowest BCUT2D eigenvalue weighted by Gasteiger charge is -2.07. The Morgan fingerprint density at radius 3 is 2.50 bits per heavy atom. The van der Waals surface area contributed by atoms with Gasteiger partial charge in [-0.25, -0.2) is 14.4 Å². The number of amides is 1. The summed E-state index contributed by atoms with van der Waals surface area (Å²) in [5, 5.41) is 5.78. The fourth-order valence-corrected chi connectivity index (χ4v) is 2.32. The minimum absolute atomic E-state index is 0.270. The van der Waals surface area contributed by atoms with Crippen molar-refractivity contribution >= 4 is 11.9 Å². The van der Waals surface area contributed by atoms with Crippen molar-refractivity contribution in [1.82, 2.24) is 20.3 Å². The van der Waals surface area contributed by atoms with Crippen LogP contribution in [0.5, 0.6) is 0 Å². The van der Waals surface area contributed by atoms with Crippen LogP contribution in [0.25, 0.3) is 0 Å². The molecule has 0 unspecified atom stereocenters. The lowest BCUT2D eigenvalue weighted by Crippen LogP contribution is -2.26. The van der Waals surface area contributed by atoms with Gasteiger partial charge in [-0.05, 0) is 30.2 Å². The van der Waals surface area contributed by atoms with Crippen molar-refractivity contribution in [3.05, 3.63) is 83.7 Å². The zero-order valence-electron chi connectivity index (χ0n) is 14.0. The van der Waals surface area contributed by atoms with Gasteiger partial charge < -0.3 is 10.6 Å². The van der Waals surface area contributed by atoms with Crippen molar-refractivity contribution in [3.8, 4) is 0 Å². The van der Waals surface area contributed by atoms with Gasteiger partial charge in [0, 0.05) is 25.1 Å². The molecular weight excluding hydrogens is 333 g/mol. The molecule has 0 aliphatic rings. The van der Waals surface area contributed by atoms with E-state index in [1.807, 2.05) is 18.2 Å². The van der Waals surface area contributed by atoms with Gasteiger partial charge in [-0.2, -0.15) is 0 Å². The largest absolute Gasteiger partial charge is 0.352 e. The molecule has 0 saturated carbocycles. The van der Waals surface area contributed by atoms with Crippen LogP contribution < -0.4 is 10.6 Å². The highest BCUT2D eigenvalue weighted by molar-refractivity contribution is 5.93. The first-order chi connectivity index (χ1) is 12.7. The first-order valence-electron chi connectivity index (χ1n) is 8.20. The molecule has 6 nitrogen and oxygen atoms in total. The third-order valence-corrected chi connectivity index (χ3v) is 3.71. The van der Waals surface area contributed by atoms with Crippen molar-refractivity contribution in [2.24, 2.45) is 0 Å². The molecule has 132 valence electrons. The van der Waals surface area contributed by atoms with E-state index in [1.165, 1.54) is 18.5 Å². The predicted octanol–water partition coefficient (Wildman–Crippen LogP) is 2.60. The first kappa shape index (κ1) is 17.5. The smallest absolute Gasteiger partial charge is 0.254 e. The zero-order valence-corrected chi connectivity index (χ0v) is 14.0. The van der Waals surface area contributed by atoms with E-state index in [9.17, 15) is 9.18 Å². The number of carbonyl (C=O) groups excluding carboxylic acids is 1. The first-order valence-corrected chi connectivity index (χ1v) is 8.20. The van der Waals surface area contributed by atoms with Gasteiger partial charge >= 0.3 is 0 Å². The molecule has 2 aromatic heterocycles. The van der Waals surface area contributed by atoms with Crippen LogP contribution in [-0.2, 0) is 13.0 Å². The van der Waals surface area contributed by atoms with Crippen molar-refractivity contribution in [2.45, 2.75) is 13.0 Å². The Morgan fingerprint density at radius 2 is 1.77 bits per heavy atom. The van der Waals surface area contributed by atoms with Gasteiger partial charge in [0.1, 0.15) is 5.82 Å². The number of nitrogens with one attached hydrogen (secondary N) is 2. The monoisotopic (exact) mass is 351 g/mol. The molecule has 0 bridgehead atoms. The maximum atomic E-state index is 13.5. The van der Waals surface area contributed by atoms with Gasteiger partial charge in [0.05, 0.1) is 17.8 Å². The van der Waals surface area contributed by atoms with Gasteiger partial charge in [0.25, 0.3) is 5.91 Å². The standard InChI is InChI=1S/C19H18FN5O/c20-17-7-2-1-5-14(17)8-10-22-18(26)15-11-23-19(24-12-15)25-13-16-6-3-4-9-21-16/h1-7,9,11-12H,8,10,13H2,(H,22,26)(H,23,24,25). The Hall–Kier alpha value is -3.35. The minimum Gasteiger partial charge on any atom is -0.352 e. The molecule has 1 amide bonds. The van der Waals surface area contributed by atoms with E-state index in [1.54, 1.807) is 24.4 Å². The van der Waals surface area contributed by atoms with Crippen molar-refractivity contribution in [1.29, 1.82) is 0 Å². The third kappa shape index (κ3) is 4.83. The van der Waals surface area contributed by atoms with E-state index in [2.05, 4.69) is 25.6 Å². The normalized spacial score (nSPS) is 10.3. The molecule has 1 aromatic carbocycles. The Labute approximate surface area is 150 Å². The fourth-order valence-electron chi connectivity index (χ4n) is 2.32. The minimum atomic E-state index is -0.294. The number of halogens is 1. The van der Waals surface area contributed by atoms with Crippen LogP contribution in [0.2, 0.25) is 0 Å². The third-order valence-electron chi connectivity index (χ3n) is 3.71. The highest BCUT2D eigenvalue weighted by Crippen LogP contribution is 2.07. The summed E-state index contributed by atoms with van der Waals surface area (Å²) in [5.74, 6) is -0.149. The molecule has 0 fully saturated rings. The van der Waals surface area contributed by atoms with Crippen LogP contribution in [0.4, 0.5) is 10.3 Å². The van der Waals surface area contributed by atoms with E-state index in [4.69, 9.17) is 0 Å². The highest BCUT2D eigenvalue weighted by Gasteiger charge is 2.08. The number of hydrogen-bond donors (Lipinski definition) is 2. The molecule has 2 heterocycles. The molecule has 2 N–H and O–H groups in total. The SMILES string of the molecule is O=C(NCCc1ccccc1F)c1cnc(NCc2ccccn2)nc1. The summed E-state index contributed by atoms with van der Waals surface area (Å²) in [6.07, 6.45) is 5.04. The topological polar surface area (TPSA) is 79.8 Å². The average Bonchev–Trinajstić information content (AvgIpc) is 2.69. The van der Waals surface area contributed by atoms with Gasteiger partial charge in [-0.1, -0.05) is 24.3 Å². The zero-order chi connectivity index (χ0) is 18.2. The number of anilines is 1. The van der Waals surface area contributed by atoms with Gasteiger partial charge in [-0.3, -0.25) is 9.78 Å². The second kappa shape index (κ2) is 8.66. The molecule has 0 aliphatic carbocycles. The maximum absolute atomic E-state index is 13.5. The number of hydrogen-bond acceptors (Lipinski definition) is 5. The van der Waals surface area contributed by atoms with E-state index >= 15 is 0 Å². The molecule has 0 spiro atoms. The molecular formula is C19H18FN5O.